The van der Waals surface area contributed by atoms with Crippen LogP contribution in [0.15, 0.2) is 64.9 Å². The number of hydrogen-bond acceptors (Lipinski definition) is 8. The van der Waals surface area contributed by atoms with Crippen molar-refractivity contribution in [2.24, 2.45) is 16.8 Å². The Morgan fingerprint density at radius 2 is 1.72 bits per heavy atom. The number of Topliss-reactive ketones (excluding diaryl/α,β-unsaturated/α-hetero) is 1. The van der Waals surface area contributed by atoms with E-state index in [1.165, 1.54) is 0 Å². The summed E-state index contributed by atoms with van der Waals surface area (Å²) in [5.74, 6) is -3.81. The Morgan fingerprint density at radius 1 is 1.00 bits per heavy atom. The first-order valence-electron chi connectivity index (χ1n) is 12.1. The van der Waals surface area contributed by atoms with Crippen molar-refractivity contribution in [3.8, 4) is 5.75 Å². The van der Waals surface area contributed by atoms with Gasteiger partial charge in [-0.3, -0.25) is 19.6 Å². The van der Waals surface area contributed by atoms with E-state index in [4.69, 9.17) is 19.2 Å². The molecule has 4 rings (SSSR count). The van der Waals surface area contributed by atoms with E-state index in [9.17, 15) is 14.4 Å². The molecular weight excluding hydrogens is 460 g/mol. The van der Waals surface area contributed by atoms with Gasteiger partial charge in [0.15, 0.2) is 5.78 Å². The van der Waals surface area contributed by atoms with Gasteiger partial charge in [-0.2, -0.15) is 0 Å². The number of hydrogen-bond donors (Lipinski definition) is 0. The first-order chi connectivity index (χ1) is 17.4. The summed E-state index contributed by atoms with van der Waals surface area (Å²) >= 11 is 0. The zero-order valence-corrected chi connectivity index (χ0v) is 20.9. The number of allylic oxidation sites excluding steroid dienone is 1. The Hall–Kier alpha value is -3.81. The summed E-state index contributed by atoms with van der Waals surface area (Å²) < 4.78 is 16.0. The van der Waals surface area contributed by atoms with Gasteiger partial charge in [0.2, 0.25) is 0 Å². The van der Waals surface area contributed by atoms with Crippen LogP contribution in [0, 0.1) is 11.8 Å². The largest absolute Gasteiger partial charge is 0.497 e. The zero-order valence-electron chi connectivity index (χ0n) is 20.9. The molecule has 8 heteroatoms. The van der Waals surface area contributed by atoms with Gasteiger partial charge in [0.25, 0.3) is 0 Å². The topological polar surface area (TPSA) is 104 Å². The van der Waals surface area contributed by atoms with Gasteiger partial charge in [-0.1, -0.05) is 18.2 Å². The predicted octanol–water partition coefficient (Wildman–Crippen LogP) is 4.02. The summed E-state index contributed by atoms with van der Waals surface area (Å²) in [6.45, 7) is 5.52. The molecule has 1 aliphatic carbocycles. The number of fused-ring (bicyclic) bond motifs is 1. The summed E-state index contributed by atoms with van der Waals surface area (Å²) in [6.07, 6.45) is 1.98. The number of methoxy groups -OCH3 is 1. The average molecular weight is 491 g/mol. The van der Waals surface area contributed by atoms with Crippen LogP contribution in [-0.4, -0.2) is 48.7 Å². The fourth-order valence-corrected chi connectivity index (χ4v) is 5.20. The number of carbonyl (C=O) groups is 3. The number of ether oxygens (including phenoxy) is 3. The van der Waals surface area contributed by atoms with Crippen molar-refractivity contribution >= 4 is 23.4 Å². The van der Waals surface area contributed by atoms with Crippen LogP contribution < -0.4 is 4.74 Å². The van der Waals surface area contributed by atoms with Gasteiger partial charge in [-0.15, -0.1) is 0 Å². The fraction of sp³-hybridized carbons (Fsp3) is 0.393. The monoisotopic (exact) mass is 490 g/mol. The van der Waals surface area contributed by atoms with E-state index in [-0.39, 0.29) is 19.0 Å². The van der Waals surface area contributed by atoms with Crippen LogP contribution in [0.2, 0.25) is 0 Å². The van der Waals surface area contributed by atoms with Crippen molar-refractivity contribution in [1.82, 2.24) is 4.98 Å². The van der Waals surface area contributed by atoms with Crippen LogP contribution in [0.3, 0.4) is 0 Å². The molecule has 1 aromatic carbocycles. The van der Waals surface area contributed by atoms with E-state index in [0.717, 1.165) is 5.56 Å². The molecule has 0 N–H and O–H groups in total. The molecule has 4 atom stereocenters. The van der Waals surface area contributed by atoms with E-state index in [1.54, 1.807) is 58.3 Å². The molecule has 2 aromatic rings. The Labute approximate surface area is 210 Å². The molecular formula is C28H30N2O6. The third-order valence-electron chi connectivity index (χ3n) is 6.74. The van der Waals surface area contributed by atoms with Crippen molar-refractivity contribution in [3.63, 3.8) is 0 Å². The second-order valence-corrected chi connectivity index (χ2v) is 8.75. The molecule has 2 aliphatic rings. The lowest BCUT2D eigenvalue weighted by molar-refractivity contribution is -0.153. The molecule has 0 radical (unpaired) electrons. The molecule has 188 valence electrons. The van der Waals surface area contributed by atoms with Gasteiger partial charge in [-0.25, -0.2) is 4.79 Å². The maximum Gasteiger partial charge on any atom is 0.336 e. The summed E-state index contributed by atoms with van der Waals surface area (Å²) in [6, 6.07) is 12.7. The number of carbonyl (C=O) groups excluding carboxylic acids is 3. The van der Waals surface area contributed by atoms with Crippen molar-refractivity contribution < 1.29 is 28.6 Å². The van der Waals surface area contributed by atoms with Gasteiger partial charge in [0.05, 0.1) is 37.7 Å². The predicted molar refractivity (Wildman–Crippen MR) is 133 cm³/mol. The standard InChI is InChI=1S/C28H30N2O6/c1-5-35-27(32)22-16(3)30-21-15-19(17-10-12-18(34-4)13-11-17)23(28(33)36-6-2)26(31)25(21)24(22)20-9-7-8-14-29-20/h7-14,19,23-25H,5-6,15H2,1-4H3/t19-,23+,24-,25?/m1/s1. The van der Waals surface area contributed by atoms with Crippen LogP contribution >= 0.6 is 0 Å². The minimum absolute atomic E-state index is 0.153. The minimum atomic E-state index is -1.05. The van der Waals surface area contributed by atoms with Crippen molar-refractivity contribution in [2.45, 2.75) is 39.0 Å². The van der Waals surface area contributed by atoms with E-state index in [1.807, 2.05) is 18.2 Å². The maximum absolute atomic E-state index is 14.2. The van der Waals surface area contributed by atoms with Gasteiger partial charge < -0.3 is 14.2 Å². The normalized spacial score (nSPS) is 23.4. The highest BCUT2D eigenvalue weighted by Crippen LogP contribution is 2.48. The molecule has 1 saturated carbocycles. The van der Waals surface area contributed by atoms with Gasteiger partial charge in [-0.05, 0) is 57.0 Å². The summed E-state index contributed by atoms with van der Waals surface area (Å²) in [4.78, 5) is 49.6. The number of rotatable bonds is 7. The molecule has 1 aliphatic heterocycles. The van der Waals surface area contributed by atoms with Gasteiger partial charge in [0, 0.05) is 29.2 Å². The Bertz CT molecular complexity index is 1200. The Kier molecular flexibility index (Phi) is 7.62. The molecule has 36 heavy (non-hydrogen) atoms. The van der Waals surface area contributed by atoms with E-state index in [2.05, 4.69) is 4.98 Å². The quantitative estimate of drug-likeness (QED) is 0.426. The lowest BCUT2D eigenvalue weighted by Crippen LogP contribution is -2.49. The van der Waals surface area contributed by atoms with Crippen molar-refractivity contribution in [2.75, 3.05) is 20.3 Å². The third-order valence-corrected chi connectivity index (χ3v) is 6.74. The lowest BCUT2D eigenvalue weighted by Gasteiger charge is -2.40. The van der Waals surface area contributed by atoms with Crippen LogP contribution in [0.25, 0.3) is 0 Å². The maximum atomic E-state index is 14.2. The summed E-state index contributed by atoms with van der Waals surface area (Å²) in [5.41, 5.74) is 2.78. The first-order valence-corrected chi connectivity index (χ1v) is 12.1. The van der Waals surface area contributed by atoms with E-state index < -0.39 is 35.6 Å². The van der Waals surface area contributed by atoms with Crippen LogP contribution in [0.1, 0.15) is 50.3 Å². The van der Waals surface area contributed by atoms with Crippen LogP contribution in [0.4, 0.5) is 0 Å². The number of esters is 2. The molecule has 0 saturated heterocycles. The van der Waals surface area contributed by atoms with E-state index in [0.29, 0.717) is 34.8 Å². The average Bonchev–Trinajstić information content (AvgIpc) is 2.88. The van der Waals surface area contributed by atoms with Crippen molar-refractivity contribution in [1.29, 1.82) is 0 Å². The molecule has 2 heterocycles. The van der Waals surface area contributed by atoms with E-state index >= 15 is 0 Å². The van der Waals surface area contributed by atoms with Gasteiger partial charge >= 0.3 is 11.9 Å². The highest BCUT2D eigenvalue weighted by Gasteiger charge is 2.53. The molecule has 0 amide bonds. The number of aliphatic imine (C=N–C) groups is 1. The highest BCUT2D eigenvalue weighted by atomic mass is 16.5. The molecule has 1 fully saturated rings. The van der Waals surface area contributed by atoms with Gasteiger partial charge in [0.1, 0.15) is 11.7 Å². The fourth-order valence-electron chi connectivity index (χ4n) is 5.20. The Morgan fingerprint density at radius 3 is 2.33 bits per heavy atom. The van der Waals surface area contributed by atoms with Crippen LogP contribution in [0.5, 0.6) is 5.75 Å². The Balaban J connectivity index is 1.86. The smallest absolute Gasteiger partial charge is 0.336 e. The second-order valence-electron chi connectivity index (χ2n) is 8.75. The second kappa shape index (κ2) is 10.8. The SMILES string of the molecule is CCOC(=O)C1=C(C)N=C2C[C@H](c3ccc(OC)cc3)[C@H](C(=O)OCC)C(=O)C2[C@@H]1c1ccccn1. The molecule has 1 aromatic heterocycles. The molecule has 0 bridgehead atoms. The molecule has 8 nitrogen and oxygen atoms in total. The minimum Gasteiger partial charge on any atom is -0.497 e. The van der Waals surface area contributed by atoms with Crippen LogP contribution in [-0.2, 0) is 23.9 Å². The molecule has 0 spiro atoms. The number of ketones is 1. The summed E-state index contributed by atoms with van der Waals surface area (Å²) in [5, 5.41) is 0. The highest BCUT2D eigenvalue weighted by molar-refractivity contribution is 6.17. The number of aromatic nitrogens is 1. The summed E-state index contributed by atoms with van der Waals surface area (Å²) in [7, 11) is 1.58. The lowest BCUT2D eigenvalue weighted by atomic mass is 9.62. The zero-order chi connectivity index (χ0) is 25.8. The van der Waals surface area contributed by atoms with Crippen molar-refractivity contribution in [3.05, 3.63) is 71.2 Å². The molecule has 1 unspecified atom stereocenters. The third kappa shape index (κ3) is 4.67. The number of benzene rings is 1. The number of nitrogens with zero attached hydrogens (tertiary/aromatic N) is 2. The first kappa shape index (κ1) is 25.3. The number of pyridine rings is 1.